The number of rotatable bonds is 3. The van der Waals surface area contributed by atoms with Crippen LogP contribution in [0.2, 0.25) is 0 Å². The molecule has 0 bridgehead atoms. The Hall–Kier alpha value is -0.860. The number of aryl methyl sites for hydroxylation is 2. The van der Waals surface area contributed by atoms with E-state index >= 15 is 0 Å². The summed E-state index contributed by atoms with van der Waals surface area (Å²) in [7, 11) is 0. The van der Waals surface area contributed by atoms with Crippen LogP contribution >= 0.6 is 0 Å². The lowest BCUT2D eigenvalue weighted by molar-refractivity contribution is 0.545. The molecule has 2 N–H and O–H groups in total. The molecule has 2 rings (SSSR count). The molecule has 2 heteroatoms. The molecule has 1 aromatic rings. The minimum atomic E-state index is 0.648. The number of hydrogen-bond donors (Lipinski definition) is 2. The zero-order valence-corrected chi connectivity index (χ0v) is 11.5. The van der Waals surface area contributed by atoms with Gasteiger partial charge in [0.25, 0.3) is 0 Å². The molecule has 1 atom stereocenters. The summed E-state index contributed by atoms with van der Waals surface area (Å²) in [5.74, 6) is 0. The summed E-state index contributed by atoms with van der Waals surface area (Å²) in [4.78, 5) is 0. The Morgan fingerprint density at radius 2 is 1.82 bits per heavy atom. The molecule has 2 nitrogen and oxygen atoms in total. The van der Waals surface area contributed by atoms with E-state index in [1.807, 2.05) is 0 Å². The molecule has 0 radical (unpaired) electrons. The Labute approximate surface area is 105 Å². The Kier molecular flexibility index (Phi) is 3.85. The highest BCUT2D eigenvalue weighted by Crippen LogP contribution is 2.21. The molecule has 1 aliphatic heterocycles. The fourth-order valence-corrected chi connectivity index (χ4v) is 2.64. The van der Waals surface area contributed by atoms with Crippen LogP contribution < -0.4 is 10.6 Å². The van der Waals surface area contributed by atoms with Crippen LogP contribution in [0, 0.1) is 27.7 Å². The van der Waals surface area contributed by atoms with Crippen molar-refractivity contribution in [2.45, 2.75) is 46.7 Å². The van der Waals surface area contributed by atoms with Crippen LogP contribution in [-0.4, -0.2) is 19.1 Å². The van der Waals surface area contributed by atoms with Gasteiger partial charge in [0.2, 0.25) is 0 Å². The fraction of sp³-hybridized carbons (Fsp3) is 0.600. The first-order valence-electron chi connectivity index (χ1n) is 6.60. The molecular formula is C15H24N2. The van der Waals surface area contributed by atoms with Gasteiger partial charge in [-0.25, -0.2) is 0 Å². The quantitative estimate of drug-likeness (QED) is 0.836. The van der Waals surface area contributed by atoms with Gasteiger partial charge in [0.05, 0.1) is 0 Å². The Bertz CT molecular complexity index is 378. The second-order valence-electron chi connectivity index (χ2n) is 5.31. The van der Waals surface area contributed by atoms with Crippen molar-refractivity contribution in [2.75, 3.05) is 13.1 Å². The van der Waals surface area contributed by atoms with Gasteiger partial charge in [0.1, 0.15) is 0 Å². The summed E-state index contributed by atoms with van der Waals surface area (Å²) >= 11 is 0. The van der Waals surface area contributed by atoms with Crippen molar-refractivity contribution in [1.82, 2.24) is 10.6 Å². The van der Waals surface area contributed by atoms with Gasteiger partial charge in [-0.05, 0) is 68.5 Å². The van der Waals surface area contributed by atoms with E-state index < -0.39 is 0 Å². The second kappa shape index (κ2) is 5.19. The third-order valence-electron chi connectivity index (χ3n) is 4.15. The fourth-order valence-electron chi connectivity index (χ4n) is 2.64. The number of benzene rings is 1. The summed E-state index contributed by atoms with van der Waals surface area (Å²) in [6.45, 7) is 12.2. The van der Waals surface area contributed by atoms with Crippen LogP contribution in [0.1, 0.15) is 34.2 Å². The van der Waals surface area contributed by atoms with Gasteiger partial charge in [-0.2, -0.15) is 0 Å². The van der Waals surface area contributed by atoms with E-state index in [1.54, 1.807) is 0 Å². The van der Waals surface area contributed by atoms with E-state index in [0.717, 1.165) is 19.6 Å². The molecular weight excluding hydrogens is 208 g/mol. The van der Waals surface area contributed by atoms with Gasteiger partial charge >= 0.3 is 0 Å². The minimum Gasteiger partial charge on any atom is -0.315 e. The van der Waals surface area contributed by atoms with Gasteiger partial charge in [-0.3, -0.25) is 0 Å². The average molecular weight is 232 g/mol. The van der Waals surface area contributed by atoms with Crippen LogP contribution in [0.3, 0.4) is 0 Å². The average Bonchev–Trinajstić information content (AvgIpc) is 2.79. The first kappa shape index (κ1) is 12.6. The first-order chi connectivity index (χ1) is 8.09. The van der Waals surface area contributed by atoms with Crippen molar-refractivity contribution in [3.8, 4) is 0 Å². The molecule has 94 valence electrons. The second-order valence-corrected chi connectivity index (χ2v) is 5.31. The summed E-state index contributed by atoms with van der Waals surface area (Å²) in [5, 5.41) is 7.07. The predicted molar refractivity (Wildman–Crippen MR) is 73.5 cm³/mol. The van der Waals surface area contributed by atoms with Gasteiger partial charge in [-0.1, -0.05) is 6.07 Å². The molecule has 0 spiro atoms. The Balaban J connectivity index is 2.13. The van der Waals surface area contributed by atoms with Crippen molar-refractivity contribution < 1.29 is 0 Å². The maximum atomic E-state index is 3.67. The molecule has 17 heavy (non-hydrogen) atoms. The van der Waals surface area contributed by atoms with Crippen LogP contribution in [0.25, 0.3) is 0 Å². The third-order valence-corrected chi connectivity index (χ3v) is 4.15. The topological polar surface area (TPSA) is 24.1 Å². The zero-order chi connectivity index (χ0) is 12.4. The largest absolute Gasteiger partial charge is 0.315 e. The van der Waals surface area contributed by atoms with Crippen LogP contribution in [0.15, 0.2) is 6.07 Å². The van der Waals surface area contributed by atoms with Crippen molar-refractivity contribution in [3.63, 3.8) is 0 Å². The molecule has 1 unspecified atom stereocenters. The van der Waals surface area contributed by atoms with Crippen molar-refractivity contribution in [2.24, 2.45) is 0 Å². The molecule has 1 saturated heterocycles. The highest BCUT2D eigenvalue weighted by Gasteiger charge is 2.15. The summed E-state index contributed by atoms with van der Waals surface area (Å²) in [6, 6.07) is 2.94. The number of nitrogens with one attached hydrogen (secondary N) is 2. The van der Waals surface area contributed by atoms with Gasteiger partial charge in [0.15, 0.2) is 0 Å². The summed E-state index contributed by atoms with van der Waals surface area (Å²) in [5.41, 5.74) is 7.22. The first-order valence-corrected chi connectivity index (χ1v) is 6.60. The summed E-state index contributed by atoms with van der Waals surface area (Å²) < 4.78 is 0. The minimum absolute atomic E-state index is 0.648. The standard InChI is InChI=1S/C15H24N2/c1-10-7-11(2)13(4)15(12(10)3)9-17-14-5-6-16-8-14/h7,14,16-17H,5-6,8-9H2,1-4H3. The number of hydrogen-bond acceptors (Lipinski definition) is 2. The third kappa shape index (κ3) is 2.70. The molecule has 0 amide bonds. The lowest BCUT2D eigenvalue weighted by Gasteiger charge is -2.18. The lowest BCUT2D eigenvalue weighted by Crippen LogP contribution is -2.31. The van der Waals surface area contributed by atoms with E-state index in [4.69, 9.17) is 0 Å². The lowest BCUT2D eigenvalue weighted by atomic mass is 9.94. The highest BCUT2D eigenvalue weighted by atomic mass is 15.0. The SMILES string of the molecule is Cc1cc(C)c(C)c(CNC2CCNC2)c1C. The van der Waals surface area contributed by atoms with E-state index in [2.05, 4.69) is 44.4 Å². The van der Waals surface area contributed by atoms with E-state index in [0.29, 0.717) is 6.04 Å². The predicted octanol–water partition coefficient (Wildman–Crippen LogP) is 2.37. The molecule has 0 aromatic heterocycles. The van der Waals surface area contributed by atoms with Crippen LogP contribution in [0.4, 0.5) is 0 Å². The van der Waals surface area contributed by atoms with E-state index in [-0.39, 0.29) is 0 Å². The molecule has 1 heterocycles. The van der Waals surface area contributed by atoms with Crippen LogP contribution in [0.5, 0.6) is 0 Å². The maximum Gasteiger partial charge on any atom is 0.0214 e. The highest BCUT2D eigenvalue weighted by molar-refractivity contribution is 5.43. The van der Waals surface area contributed by atoms with Gasteiger partial charge in [0, 0.05) is 19.1 Å². The zero-order valence-electron chi connectivity index (χ0n) is 11.5. The smallest absolute Gasteiger partial charge is 0.0214 e. The maximum absolute atomic E-state index is 3.67. The Morgan fingerprint density at radius 3 is 2.35 bits per heavy atom. The van der Waals surface area contributed by atoms with Crippen molar-refractivity contribution >= 4 is 0 Å². The molecule has 1 aromatic carbocycles. The summed E-state index contributed by atoms with van der Waals surface area (Å²) in [6.07, 6.45) is 1.25. The van der Waals surface area contributed by atoms with Crippen LogP contribution in [-0.2, 0) is 6.54 Å². The van der Waals surface area contributed by atoms with Gasteiger partial charge in [-0.15, -0.1) is 0 Å². The van der Waals surface area contributed by atoms with Crippen molar-refractivity contribution in [3.05, 3.63) is 33.9 Å². The molecule has 0 aliphatic carbocycles. The monoisotopic (exact) mass is 232 g/mol. The Morgan fingerprint density at radius 1 is 1.18 bits per heavy atom. The van der Waals surface area contributed by atoms with E-state index in [1.165, 1.54) is 34.2 Å². The normalized spacial score (nSPS) is 19.9. The van der Waals surface area contributed by atoms with Crippen molar-refractivity contribution in [1.29, 1.82) is 0 Å². The molecule has 1 fully saturated rings. The molecule has 1 aliphatic rings. The van der Waals surface area contributed by atoms with E-state index in [9.17, 15) is 0 Å². The molecule has 0 saturated carbocycles. The van der Waals surface area contributed by atoms with Gasteiger partial charge < -0.3 is 10.6 Å².